The van der Waals surface area contributed by atoms with E-state index >= 15 is 0 Å². The summed E-state index contributed by atoms with van der Waals surface area (Å²) in [6.07, 6.45) is 2.00. The zero-order valence-corrected chi connectivity index (χ0v) is 11.6. The van der Waals surface area contributed by atoms with Gasteiger partial charge < -0.3 is 20.5 Å². The topological polar surface area (TPSA) is 73.6 Å². The Morgan fingerprint density at radius 1 is 1.37 bits per heavy atom. The number of anilines is 1. The fraction of sp³-hybridized carbons (Fsp3) is 0.500. The quantitative estimate of drug-likeness (QED) is 0.426. The van der Waals surface area contributed by atoms with E-state index in [1.54, 1.807) is 25.2 Å². The number of hydrogen-bond acceptors (Lipinski definition) is 5. The summed E-state index contributed by atoms with van der Waals surface area (Å²) >= 11 is 0. The van der Waals surface area contributed by atoms with Crippen LogP contribution < -0.4 is 15.8 Å². The average Bonchev–Trinajstić information content (AvgIpc) is 2.41. The van der Waals surface area contributed by atoms with Gasteiger partial charge in [0.2, 0.25) is 0 Å². The maximum absolute atomic E-state index is 11.8. The summed E-state index contributed by atoms with van der Waals surface area (Å²) in [5.41, 5.74) is 6.79. The second-order valence-electron chi connectivity index (χ2n) is 4.19. The monoisotopic (exact) mass is 266 g/mol. The Bertz CT molecular complexity index is 408. The molecule has 0 unspecified atom stereocenters. The fourth-order valence-corrected chi connectivity index (χ4v) is 1.44. The molecule has 5 nitrogen and oxygen atoms in total. The molecule has 1 aromatic carbocycles. The van der Waals surface area contributed by atoms with Gasteiger partial charge in [0.25, 0.3) is 0 Å². The van der Waals surface area contributed by atoms with E-state index in [0.717, 1.165) is 12.8 Å². The molecular weight excluding hydrogens is 244 g/mol. The molecule has 0 aliphatic heterocycles. The smallest absolute Gasteiger partial charge is 0.338 e. The van der Waals surface area contributed by atoms with E-state index in [1.165, 1.54) is 0 Å². The molecule has 0 saturated carbocycles. The lowest BCUT2D eigenvalue weighted by Crippen LogP contribution is -2.17. The van der Waals surface area contributed by atoms with Crippen molar-refractivity contribution in [2.75, 3.05) is 32.5 Å². The van der Waals surface area contributed by atoms with Gasteiger partial charge in [0.15, 0.2) is 0 Å². The molecular formula is C14H22N2O3. The summed E-state index contributed by atoms with van der Waals surface area (Å²) in [7, 11) is 1.80. The number of carbonyl (C=O) groups excluding carboxylic acids is 1. The maximum atomic E-state index is 11.8. The van der Waals surface area contributed by atoms with Crippen LogP contribution in [0.2, 0.25) is 0 Å². The first kappa shape index (κ1) is 15.3. The standard InChI is InChI=1S/C14H22N2O3/c1-3-4-8-18-13-10-11(5-6-12(13)15)14(17)19-9-7-16-2/h5-6,10,16H,3-4,7-9,15H2,1-2H3. The third-order valence-corrected chi connectivity index (χ3v) is 2.59. The van der Waals surface area contributed by atoms with E-state index in [1.807, 2.05) is 0 Å². The lowest BCUT2D eigenvalue weighted by Gasteiger charge is -2.10. The highest BCUT2D eigenvalue weighted by molar-refractivity contribution is 5.90. The third-order valence-electron chi connectivity index (χ3n) is 2.59. The van der Waals surface area contributed by atoms with Gasteiger partial charge in [0.1, 0.15) is 12.4 Å². The summed E-state index contributed by atoms with van der Waals surface area (Å²) < 4.78 is 10.6. The average molecular weight is 266 g/mol. The van der Waals surface area contributed by atoms with Gasteiger partial charge in [-0.25, -0.2) is 4.79 Å². The molecule has 5 heteroatoms. The summed E-state index contributed by atoms with van der Waals surface area (Å²) in [4.78, 5) is 11.8. The van der Waals surface area contributed by atoms with Gasteiger partial charge in [-0.15, -0.1) is 0 Å². The van der Waals surface area contributed by atoms with Crippen molar-refractivity contribution in [1.82, 2.24) is 5.32 Å². The van der Waals surface area contributed by atoms with E-state index in [9.17, 15) is 4.79 Å². The lowest BCUT2D eigenvalue weighted by molar-refractivity contribution is 0.0510. The highest BCUT2D eigenvalue weighted by Gasteiger charge is 2.10. The van der Waals surface area contributed by atoms with Crippen LogP contribution in [0.5, 0.6) is 5.75 Å². The zero-order valence-electron chi connectivity index (χ0n) is 11.6. The largest absolute Gasteiger partial charge is 0.491 e. The van der Waals surface area contributed by atoms with Crippen LogP contribution in [0.3, 0.4) is 0 Å². The third kappa shape index (κ3) is 5.18. The van der Waals surface area contributed by atoms with Crippen molar-refractivity contribution in [3.8, 4) is 5.75 Å². The molecule has 0 radical (unpaired) electrons. The minimum Gasteiger partial charge on any atom is -0.491 e. The van der Waals surface area contributed by atoms with Crippen molar-refractivity contribution >= 4 is 11.7 Å². The zero-order chi connectivity index (χ0) is 14.1. The number of likely N-dealkylation sites (N-methyl/N-ethyl adjacent to an activating group) is 1. The van der Waals surface area contributed by atoms with Crippen LogP contribution >= 0.6 is 0 Å². The van der Waals surface area contributed by atoms with Crippen molar-refractivity contribution in [2.45, 2.75) is 19.8 Å². The number of carbonyl (C=O) groups is 1. The number of unbranched alkanes of at least 4 members (excludes halogenated alkanes) is 1. The van der Waals surface area contributed by atoms with E-state index in [2.05, 4.69) is 12.2 Å². The molecule has 0 aliphatic rings. The number of esters is 1. The molecule has 106 valence electrons. The molecule has 0 bridgehead atoms. The van der Waals surface area contributed by atoms with E-state index in [-0.39, 0.29) is 5.97 Å². The first-order chi connectivity index (χ1) is 9.19. The Morgan fingerprint density at radius 2 is 2.16 bits per heavy atom. The second-order valence-corrected chi connectivity index (χ2v) is 4.19. The van der Waals surface area contributed by atoms with Crippen LogP contribution in [0.4, 0.5) is 5.69 Å². The van der Waals surface area contributed by atoms with E-state index < -0.39 is 0 Å². The fourth-order valence-electron chi connectivity index (χ4n) is 1.44. The Labute approximate surface area is 114 Å². The highest BCUT2D eigenvalue weighted by Crippen LogP contribution is 2.23. The van der Waals surface area contributed by atoms with Gasteiger partial charge in [0, 0.05) is 6.54 Å². The number of nitrogen functional groups attached to an aromatic ring is 1. The molecule has 0 aliphatic carbocycles. The van der Waals surface area contributed by atoms with Gasteiger partial charge in [-0.05, 0) is 31.7 Å². The predicted molar refractivity (Wildman–Crippen MR) is 75.5 cm³/mol. The number of rotatable bonds is 8. The predicted octanol–water partition coefficient (Wildman–Crippen LogP) is 1.82. The van der Waals surface area contributed by atoms with Crippen LogP contribution in [0.15, 0.2) is 18.2 Å². The maximum Gasteiger partial charge on any atom is 0.338 e. The molecule has 3 N–H and O–H groups in total. The van der Waals surface area contributed by atoms with E-state index in [4.69, 9.17) is 15.2 Å². The minimum absolute atomic E-state index is 0.339. The van der Waals surface area contributed by atoms with Gasteiger partial charge in [-0.1, -0.05) is 13.3 Å². The van der Waals surface area contributed by atoms with Gasteiger partial charge in [-0.3, -0.25) is 0 Å². The molecule has 0 aromatic heterocycles. The van der Waals surface area contributed by atoms with Crippen LogP contribution in [0.25, 0.3) is 0 Å². The number of nitrogens with two attached hydrogens (primary N) is 1. The Kier molecular flexibility index (Phi) is 6.74. The molecule has 1 rings (SSSR count). The van der Waals surface area contributed by atoms with Crippen LogP contribution in [-0.4, -0.2) is 32.8 Å². The number of ether oxygens (including phenoxy) is 2. The lowest BCUT2D eigenvalue weighted by atomic mass is 10.2. The molecule has 0 amide bonds. The minimum atomic E-state index is -0.365. The second kappa shape index (κ2) is 8.37. The first-order valence-electron chi connectivity index (χ1n) is 6.53. The molecule has 0 spiro atoms. The number of hydrogen-bond donors (Lipinski definition) is 2. The highest BCUT2D eigenvalue weighted by atomic mass is 16.5. The molecule has 0 atom stereocenters. The van der Waals surface area contributed by atoms with Crippen molar-refractivity contribution in [1.29, 1.82) is 0 Å². The summed E-state index contributed by atoms with van der Waals surface area (Å²) in [5, 5.41) is 2.91. The number of nitrogens with one attached hydrogen (secondary N) is 1. The van der Waals surface area contributed by atoms with Crippen LogP contribution in [0.1, 0.15) is 30.1 Å². The summed E-state index contributed by atoms with van der Waals surface area (Å²) in [6, 6.07) is 4.94. The van der Waals surface area contributed by atoms with Gasteiger partial charge in [0.05, 0.1) is 17.9 Å². The summed E-state index contributed by atoms with van der Waals surface area (Å²) in [6.45, 7) is 3.65. The number of benzene rings is 1. The Hall–Kier alpha value is -1.75. The molecule has 1 aromatic rings. The molecule has 0 saturated heterocycles. The Morgan fingerprint density at radius 3 is 2.84 bits per heavy atom. The Balaban J connectivity index is 2.63. The normalized spacial score (nSPS) is 10.2. The molecule has 0 fully saturated rings. The molecule has 0 heterocycles. The van der Waals surface area contributed by atoms with Crippen LogP contribution in [0, 0.1) is 0 Å². The van der Waals surface area contributed by atoms with Crippen LogP contribution in [-0.2, 0) is 4.74 Å². The SMILES string of the molecule is CCCCOc1cc(C(=O)OCCNC)ccc1N. The van der Waals surface area contributed by atoms with Gasteiger partial charge >= 0.3 is 5.97 Å². The van der Waals surface area contributed by atoms with Crippen molar-refractivity contribution < 1.29 is 14.3 Å². The first-order valence-corrected chi connectivity index (χ1v) is 6.53. The van der Waals surface area contributed by atoms with Crippen molar-refractivity contribution in [3.63, 3.8) is 0 Å². The van der Waals surface area contributed by atoms with Gasteiger partial charge in [-0.2, -0.15) is 0 Å². The van der Waals surface area contributed by atoms with Crippen molar-refractivity contribution in [2.24, 2.45) is 0 Å². The molecule has 19 heavy (non-hydrogen) atoms. The van der Waals surface area contributed by atoms with E-state index in [0.29, 0.717) is 36.8 Å². The van der Waals surface area contributed by atoms with Crippen molar-refractivity contribution in [3.05, 3.63) is 23.8 Å². The summed E-state index contributed by atoms with van der Waals surface area (Å²) in [5.74, 6) is 0.173.